The van der Waals surface area contributed by atoms with Crippen molar-refractivity contribution in [2.75, 3.05) is 0 Å². The molecule has 6 nitrogen and oxygen atoms in total. The molecule has 30 heavy (non-hydrogen) atoms. The molecule has 2 heterocycles. The summed E-state index contributed by atoms with van der Waals surface area (Å²) in [6, 6.07) is 14.2. The molecule has 0 spiro atoms. The van der Waals surface area contributed by atoms with Gasteiger partial charge in [-0.3, -0.25) is 9.48 Å². The fourth-order valence-corrected chi connectivity index (χ4v) is 3.74. The van der Waals surface area contributed by atoms with E-state index in [4.69, 9.17) is 9.84 Å². The summed E-state index contributed by atoms with van der Waals surface area (Å²) in [5, 5.41) is 4.70. The van der Waals surface area contributed by atoms with Crippen molar-refractivity contribution in [3.8, 4) is 11.3 Å². The van der Waals surface area contributed by atoms with Crippen molar-refractivity contribution in [3.63, 3.8) is 0 Å². The van der Waals surface area contributed by atoms with Crippen molar-refractivity contribution in [2.45, 2.75) is 40.3 Å². The smallest absolute Gasteiger partial charge is 0.312 e. The van der Waals surface area contributed by atoms with Crippen LogP contribution in [0, 0.1) is 13.8 Å². The van der Waals surface area contributed by atoms with Crippen LogP contribution in [0.4, 0.5) is 0 Å². The van der Waals surface area contributed by atoms with Crippen LogP contribution in [0.25, 0.3) is 22.3 Å². The van der Waals surface area contributed by atoms with E-state index in [2.05, 4.69) is 37.0 Å². The van der Waals surface area contributed by atoms with Gasteiger partial charge in [-0.1, -0.05) is 29.8 Å². The molecular weight excluding hydrogens is 376 g/mol. The number of hydrogen-bond acceptors (Lipinski definition) is 4. The van der Waals surface area contributed by atoms with Crippen LogP contribution in [0.5, 0.6) is 0 Å². The van der Waals surface area contributed by atoms with Crippen LogP contribution in [-0.4, -0.2) is 25.3 Å². The summed E-state index contributed by atoms with van der Waals surface area (Å²) in [7, 11) is 1.96. The summed E-state index contributed by atoms with van der Waals surface area (Å²) in [6.07, 6.45) is 1.97. The van der Waals surface area contributed by atoms with E-state index in [9.17, 15) is 4.79 Å². The molecule has 0 amide bonds. The fourth-order valence-electron chi connectivity index (χ4n) is 3.74. The van der Waals surface area contributed by atoms with E-state index in [1.807, 2.05) is 47.5 Å². The summed E-state index contributed by atoms with van der Waals surface area (Å²) in [5.41, 5.74) is 8.11. The number of aryl methyl sites for hydroxylation is 4. The largest absolute Gasteiger partial charge is 0.461 e. The van der Waals surface area contributed by atoms with Gasteiger partial charge in [0.15, 0.2) is 0 Å². The number of hydrogen-bond donors (Lipinski definition) is 0. The number of fused-ring (bicyclic) bond motifs is 1. The van der Waals surface area contributed by atoms with Gasteiger partial charge < -0.3 is 9.30 Å². The van der Waals surface area contributed by atoms with Crippen LogP contribution in [0.3, 0.4) is 0 Å². The van der Waals surface area contributed by atoms with E-state index in [1.165, 1.54) is 11.1 Å². The third-order valence-corrected chi connectivity index (χ3v) is 5.34. The molecule has 6 heteroatoms. The minimum absolute atomic E-state index is 0.192. The van der Waals surface area contributed by atoms with Gasteiger partial charge in [0.2, 0.25) is 0 Å². The summed E-state index contributed by atoms with van der Waals surface area (Å²) in [4.78, 5) is 16.8. The van der Waals surface area contributed by atoms with Gasteiger partial charge in [-0.05, 0) is 50.1 Å². The van der Waals surface area contributed by atoms with E-state index in [-0.39, 0.29) is 19.0 Å². The van der Waals surface area contributed by atoms with Crippen molar-refractivity contribution in [1.29, 1.82) is 0 Å². The molecule has 4 aromatic rings. The molecule has 2 aromatic heterocycles. The van der Waals surface area contributed by atoms with Crippen molar-refractivity contribution >= 4 is 17.0 Å². The topological polar surface area (TPSA) is 61.9 Å². The lowest BCUT2D eigenvalue weighted by Crippen LogP contribution is -2.12. The highest BCUT2D eigenvalue weighted by atomic mass is 16.5. The number of carbonyl (C=O) groups excluding carboxylic acids is 1. The van der Waals surface area contributed by atoms with Crippen LogP contribution in [-0.2, 0) is 36.2 Å². The molecule has 0 saturated heterocycles. The van der Waals surface area contributed by atoms with Gasteiger partial charge in [0, 0.05) is 19.2 Å². The second-order valence-electron chi connectivity index (χ2n) is 7.67. The van der Waals surface area contributed by atoms with Crippen molar-refractivity contribution in [3.05, 3.63) is 71.2 Å². The van der Waals surface area contributed by atoms with E-state index in [0.29, 0.717) is 6.54 Å². The zero-order valence-electron chi connectivity index (χ0n) is 17.8. The third kappa shape index (κ3) is 3.99. The lowest BCUT2D eigenvalue weighted by atomic mass is 10.0. The number of imidazole rings is 1. The van der Waals surface area contributed by atoms with Gasteiger partial charge in [0.1, 0.15) is 6.61 Å². The number of aromatic nitrogens is 4. The lowest BCUT2D eigenvalue weighted by Gasteiger charge is -2.06. The van der Waals surface area contributed by atoms with Crippen LogP contribution in [0.15, 0.2) is 48.8 Å². The Morgan fingerprint density at radius 1 is 1.10 bits per heavy atom. The standard InChI is InChI=1S/C24H26N4O2/c1-5-28-19(12-21(26-28)20-8-6-16(2)10-17(20)3)13-24(29)30-14-18-7-9-23-22(11-18)25-15-27(23)4/h6-12,15H,5,13-14H2,1-4H3. The summed E-state index contributed by atoms with van der Waals surface area (Å²) >= 11 is 0. The number of esters is 1. The normalized spacial score (nSPS) is 11.2. The maximum absolute atomic E-state index is 12.5. The Labute approximate surface area is 176 Å². The lowest BCUT2D eigenvalue weighted by molar-refractivity contribution is -0.144. The first-order chi connectivity index (χ1) is 14.4. The highest BCUT2D eigenvalue weighted by Crippen LogP contribution is 2.24. The molecule has 0 radical (unpaired) electrons. The summed E-state index contributed by atoms with van der Waals surface area (Å²) in [6.45, 7) is 7.11. The molecule has 0 aliphatic carbocycles. The van der Waals surface area contributed by atoms with Crippen molar-refractivity contribution < 1.29 is 9.53 Å². The molecule has 0 N–H and O–H groups in total. The fraction of sp³-hybridized carbons (Fsp3) is 0.292. The zero-order chi connectivity index (χ0) is 21.3. The second kappa shape index (κ2) is 8.14. The number of rotatable bonds is 6. The Hall–Kier alpha value is -3.41. The second-order valence-corrected chi connectivity index (χ2v) is 7.67. The van der Waals surface area contributed by atoms with Crippen LogP contribution in [0.1, 0.15) is 29.3 Å². The third-order valence-electron chi connectivity index (χ3n) is 5.34. The molecule has 0 aliphatic rings. The first kappa shape index (κ1) is 19.9. The first-order valence-corrected chi connectivity index (χ1v) is 10.1. The van der Waals surface area contributed by atoms with Crippen LogP contribution < -0.4 is 0 Å². The summed E-state index contributed by atoms with van der Waals surface area (Å²) in [5.74, 6) is -0.266. The average Bonchev–Trinajstić information content (AvgIpc) is 3.29. The molecule has 2 aromatic carbocycles. The maximum atomic E-state index is 12.5. The number of carbonyl (C=O) groups is 1. The highest BCUT2D eigenvalue weighted by molar-refractivity contribution is 5.76. The number of benzene rings is 2. The van der Waals surface area contributed by atoms with Crippen molar-refractivity contribution in [2.24, 2.45) is 7.05 Å². The first-order valence-electron chi connectivity index (χ1n) is 10.1. The molecule has 0 aliphatic heterocycles. The molecule has 0 bridgehead atoms. The molecule has 4 rings (SSSR count). The molecule has 0 unspecified atom stereocenters. The van der Waals surface area contributed by atoms with Gasteiger partial charge in [-0.15, -0.1) is 0 Å². The van der Waals surface area contributed by atoms with Gasteiger partial charge in [-0.25, -0.2) is 4.98 Å². The molecule has 0 atom stereocenters. The van der Waals surface area contributed by atoms with Crippen molar-refractivity contribution in [1.82, 2.24) is 19.3 Å². The van der Waals surface area contributed by atoms with Gasteiger partial charge in [0.05, 0.1) is 35.2 Å². The van der Waals surface area contributed by atoms with Crippen LogP contribution >= 0.6 is 0 Å². The molecule has 0 fully saturated rings. The van der Waals surface area contributed by atoms with E-state index < -0.39 is 0 Å². The minimum Gasteiger partial charge on any atom is -0.461 e. The van der Waals surface area contributed by atoms with Gasteiger partial charge in [0.25, 0.3) is 0 Å². The number of ether oxygens (including phenoxy) is 1. The minimum atomic E-state index is -0.266. The Balaban J connectivity index is 1.46. The predicted octanol–water partition coefficient (Wildman–Crippen LogP) is 4.36. The predicted molar refractivity (Wildman–Crippen MR) is 117 cm³/mol. The monoisotopic (exact) mass is 402 g/mol. The Morgan fingerprint density at radius 3 is 2.70 bits per heavy atom. The average molecular weight is 402 g/mol. The highest BCUT2D eigenvalue weighted by Gasteiger charge is 2.15. The molecule has 0 saturated carbocycles. The molecule has 154 valence electrons. The van der Waals surface area contributed by atoms with E-state index >= 15 is 0 Å². The van der Waals surface area contributed by atoms with Crippen LogP contribution in [0.2, 0.25) is 0 Å². The van der Waals surface area contributed by atoms with Gasteiger partial charge >= 0.3 is 5.97 Å². The SMILES string of the molecule is CCn1nc(-c2ccc(C)cc2C)cc1CC(=O)OCc1ccc2c(c1)ncn2C. The quantitative estimate of drug-likeness (QED) is 0.450. The maximum Gasteiger partial charge on any atom is 0.312 e. The Morgan fingerprint density at radius 2 is 1.93 bits per heavy atom. The van der Waals surface area contributed by atoms with E-state index in [0.717, 1.165) is 33.5 Å². The Bertz CT molecular complexity index is 1220. The summed E-state index contributed by atoms with van der Waals surface area (Å²) < 4.78 is 9.36. The zero-order valence-corrected chi connectivity index (χ0v) is 17.8. The van der Waals surface area contributed by atoms with Gasteiger partial charge in [-0.2, -0.15) is 5.10 Å². The Kier molecular flexibility index (Phi) is 5.40. The van der Waals surface area contributed by atoms with E-state index in [1.54, 1.807) is 6.33 Å². The number of nitrogens with zero attached hydrogens (tertiary/aromatic N) is 4. The molecular formula is C24H26N4O2.